The summed E-state index contributed by atoms with van der Waals surface area (Å²) in [5, 5.41) is 1.74. The molecule has 0 aliphatic carbocycles. The molecule has 1 N–H and O–H groups in total. The van der Waals surface area contributed by atoms with Gasteiger partial charge in [-0.2, -0.15) is 0 Å². The van der Waals surface area contributed by atoms with Crippen LogP contribution in [0.4, 0.5) is 11.4 Å². The zero-order valence-electron chi connectivity index (χ0n) is 25.2. The molecular formula is C33H41N4O3S+. The Balaban J connectivity index is 1.39. The molecule has 8 heteroatoms. The number of anilines is 1. The molecule has 0 saturated carbocycles. The smallest absolute Gasteiger partial charge is 0.212 e. The molecule has 6 rings (SSSR count). The van der Waals surface area contributed by atoms with Crippen LogP contribution in [-0.2, 0) is 16.6 Å². The summed E-state index contributed by atoms with van der Waals surface area (Å²) >= 11 is 0. The normalized spacial score (nSPS) is 22.0. The highest BCUT2D eigenvalue weighted by atomic mass is 32.2. The Labute approximate surface area is 243 Å². The molecule has 3 aromatic rings. The molecule has 0 bridgehead atoms. The van der Waals surface area contributed by atoms with Crippen molar-refractivity contribution in [2.45, 2.75) is 76.9 Å². The second-order valence-corrected chi connectivity index (χ2v) is 15.2. The average Bonchev–Trinajstić information content (AvgIpc) is 2.91. The second-order valence-electron chi connectivity index (χ2n) is 13.3. The van der Waals surface area contributed by atoms with Gasteiger partial charge in [-0.3, -0.25) is 0 Å². The van der Waals surface area contributed by atoms with Crippen LogP contribution in [0, 0.1) is 0 Å². The van der Waals surface area contributed by atoms with E-state index in [0.717, 1.165) is 39.7 Å². The van der Waals surface area contributed by atoms with Gasteiger partial charge in [-0.05, 0) is 63.3 Å². The summed E-state index contributed by atoms with van der Waals surface area (Å²) in [6.45, 7) is 11.5. The Bertz CT molecular complexity index is 1760. The van der Waals surface area contributed by atoms with Gasteiger partial charge in [-0.1, -0.05) is 37.3 Å². The molecule has 3 aliphatic heterocycles. The number of fused-ring (bicyclic) bond motifs is 4. The largest absolute Gasteiger partial charge is 0.452 e. The zero-order chi connectivity index (χ0) is 29.3. The first kappa shape index (κ1) is 27.9. The molecule has 2 unspecified atom stereocenters. The van der Waals surface area contributed by atoms with Gasteiger partial charge in [0.1, 0.15) is 18.1 Å². The van der Waals surface area contributed by atoms with E-state index in [0.29, 0.717) is 18.1 Å². The minimum atomic E-state index is -3.53. The minimum Gasteiger partial charge on any atom is -0.452 e. The van der Waals surface area contributed by atoms with Crippen LogP contribution in [0.25, 0.3) is 0 Å². The third-order valence-electron chi connectivity index (χ3n) is 9.50. The SMILES string of the molecule is CC1CC(C)(C)N(C)c2cc3c(cc21)N=c1cc2c(cc1O3)=[N+](C)C(C)(C)CC2CS(=O)(=O)NCc1ccccc1. The number of benzene rings is 3. The fraction of sp³-hybridized carbons (Fsp3) is 0.455. The first-order chi connectivity index (χ1) is 19.2. The van der Waals surface area contributed by atoms with Crippen molar-refractivity contribution < 1.29 is 13.2 Å². The Morgan fingerprint density at radius 2 is 1.76 bits per heavy atom. The van der Waals surface area contributed by atoms with E-state index >= 15 is 0 Å². The van der Waals surface area contributed by atoms with Crippen LogP contribution in [-0.4, -0.2) is 39.3 Å². The van der Waals surface area contributed by atoms with Gasteiger partial charge < -0.3 is 9.64 Å². The predicted octanol–water partition coefficient (Wildman–Crippen LogP) is 4.97. The third kappa shape index (κ3) is 5.06. The highest BCUT2D eigenvalue weighted by Gasteiger charge is 2.41. The maximum atomic E-state index is 13.3. The van der Waals surface area contributed by atoms with Crippen molar-refractivity contribution in [3.05, 3.63) is 82.0 Å². The van der Waals surface area contributed by atoms with E-state index in [1.54, 1.807) is 0 Å². The zero-order valence-corrected chi connectivity index (χ0v) is 26.0. The van der Waals surface area contributed by atoms with Crippen molar-refractivity contribution in [3.63, 3.8) is 0 Å². The van der Waals surface area contributed by atoms with Gasteiger partial charge in [0.15, 0.2) is 17.0 Å². The van der Waals surface area contributed by atoms with Gasteiger partial charge in [0.25, 0.3) is 0 Å². The highest BCUT2D eigenvalue weighted by molar-refractivity contribution is 7.89. The Morgan fingerprint density at radius 1 is 1.02 bits per heavy atom. The lowest BCUT2D eigenvalue weighted by Gasteiger charge is -2.45. The predicted molar refractivity (Wildman–Crippen MR) is 165 cm³/mol. The molecule has 0 saturated heterocycles. The molecule has 3 aliphatic rings. The van der Waals surface area contributed by atoms with Gasteiger partial charge >= 0.3 is 0 Å². The molecule has 41 heavy (non-hydrogen) atoms. The van der Waals surface area contributed by atoms with Gasteiger partial charge in [0.05, 0.1) is 11.8 Å². The minimum absolute atomic E-state index is 0.0213. The van der Waals surface area contributed by atoms with E-state index < -0.39 is 10.0 Å². The van der Waals surface area contributed by atoms with Crippen molar-refractivity contribution in [1.82, 2.24) is 9.30 Å². The van der Waals surface area contributed by atoms with E-state index in [4.69, 9.17) is 9.73 Å². The van der Waals surface area contributed by atoms with Crippen molar-refractivity contribution in [2.24, 2.45) is 4.99 Å². The van der Waals surface area contributed by atoms with E-state index in [9.17, 15) is 8.42 Å². The molecule has 0 aromatic heterocycles. The summed E-state index contributed by atoms with van der Waals surface area (Å²) in [6, 6.07) is 18.0. The molecule has 3 aromatic carbocycles. The molecular weight excluding hydrogens is 532 g/mol. The van der Waals surface area contributed by atoms with E-state index in [1.807, 2.05) is 36.4 Å². The monoisotopic (exact) mass is 573 g/mol. The van der Waals surface area contributed by atoms with Crippen molar-refractivity contribution in [3.8, 4) is 11.5 Å². The number of rotatable bonds is 5. The van der Waals surface area contributed by atoms with Crippen LogP contribution in [0.15, 0.2) is 59.6 Å². The number of nitrogens with one attached hydrogen (secondary N) is 1. The third-order valence-corrected chi connectivity index (χ3v) is 10.9. The first-order valence-electron chi connectivity index (χ1n) is 14.5. The van der Waals surface area contributed by atoms with Crippen LogP contribution in [0.3, 0.4) is 0 Å². The number of nitrogens with zero attached hydrogens (tertiary/aromatic N) is 3. The lowest BCUT2D eigenvalue weighted by molar-refractivity contribution is 0.293. The van der Waals surface area contributed by atoms with E-state index in [-0.39, 0.29) is 29.3 Å². The fourth-order valence-electron chi connectivity index (χ4n) is 6.80. The van der Waals surface area contributed by atoms with Gasteiger partial charge in [0.2, 0.25) is 15.4 Å². The molecule has 3 heterocycles. The maximum absolute atomic E-state index is 13.3. The summed E-state index contributed by atoms with van der Waals surface area (Å²) in [4.78, 5) is 7.41. The molecule has 0 amide bonds. The van der Waals surface area contributed by atoms with Crippen LogP contribution in [0.5, 0.6) is 11.5 Å². The Kier molecular flexibility index (Phi) is 6.58. The lowest BCUT2D eigenvalue weighted by atomic mass is 9.80. The fourth-order valence-corrected chi connectivity index (χ4v) is 8.13. The summed E-state index contributed by atoms with van der Waals surface area (Å²) in [7, 11) is 0.704. The Morgan fingerprint density at radius 3 is 2.49 bits per heavy atom. The number of hydrogen-bond acceptors (Lipinski definition) is 5. The molecule has 0 spiro atoms. The van der Waals surface area contributed by atoms with Gasteiger partial charge in [-0.25, -0.2) is 22.7 Å². The van der Waals surface area contributed by atoms with E-state index in [1.165, 1.54) is 11.3 Å². The van der Waals surface area contributed by atoms with Crippen molar-refractivity contribution >= 4 is 21.4 Å². The second kappa shape index (κ2) is 9.66. The average molecular weight is 574 g/mol. The molecule has 2 atom stereocenters. The lowest BCUT2D eigenvalue weighted by Crippen LogP contribution is -2.52. The van der Waals surface area contributed by atoms with Crippen LogP contribution < -0.4 is 29.6 Å². The summed E-state index contributed by atoms with van der Waals surface area (Å²) in [5.74, 6) is 1.72. The van der Waals surface area contributed by atoms with Crippen molar-refractivity contribution in [1.29, 1.82) is 0 Å². The summed E-state index contributed by atoms with van der Waals surface area (Å²) in [6.07, 6.45) is 1.78. The maximum Gasteiger partial charge on any atom is 0.212 e. The number of hydrogen-bond donors (Lipinski definition) is 1. The highest BCUT2D eigenvalue weighted by Crippen LogP contribution is 2.48. The molecule has 0 radical (unpaired) electrons. The van der Waals surface area contributed by atoms with E-state index in [2.05, 4.69) is 81.1 Å². The van der Waals surface area contributed by atoms with Gasteiger partial charge in [0, 0.05) is 48.8 Å². The standard InChI is InChI=1S/C33H41N4O3S/c1-21-17-32(2,3)36(6)28-15-30-26(13-24(21)28)35-27-14-25-23(18-33(4,5)37(7)29(25)16-31(27)40-30)20-41(38,39)34-19-22-11-9-8-10-12-22/h8-16,21,23,34H,17-20H2,1-7H3/q+1. The quantitative estimate of drug-likeness (QED) is 0.342. The summed E-state index contributed by atoms with van der Waals surface area (Å²) < 4.78 is 38.2. The summed E-state index contributed by atoms with van der Waals surface area (Å²) in [5.41, 5.74) is 5.07. The Hall–Kier alpha value is -3.23. The molecule has 7 nitrogen and oxygen atoms in total. The van der Waals surface area contributed by atoms with Crippen LogP contribution in [0.1, 0.15) is 76.0 Å². The van der Waals surface area contributed by atoms with Crippen LogP contribution >= 0.6 is 0 Å². The topological polar surface area (TPSA) is 74.0 Å². The molecule has 0 fully saturated rings. The van der Waals surface area contributed by atoms with Crippen molar-refractivity contribution in [2.75, 3.05) is 24.7 Å². The number of sulfonamides is 1. The van der Waals surface area contributed by atoms with Gasteiger partial charge in [-0.15, -0.1) is 0 Å². The molecule has 216 valence electrons. The number of ether oxygens (including phenoxy) is 1. The first-order valence-corrected chi connectivity index (χ1v) is 16.1. The van der Waals surface area contributed by atoms with Crippen LogP contribution in [0.2, 0.25) is 0 Å².